The van der Waals surface area contributed by atoms with Crippen LogP contribution in [0, 0.1) is 0 Å². The minimum Gasteiger partial charge on any atom is -0.497 e. The summed E-state index contributed by atoms with van der Waals surface area (Å²) in [5.74, 6) is 0.992. The third-order valence-electron chi connectivity index (χ3n) is 5.28. The third kappa shape index (κ3) is 3.44. The van der Waals surface area contributed by atoms with Gasteiger partial charge in [0.2, 0.25) is 0 Å². The molecule has 3 aromatic heterocycles. The van der Waals surface area contributed by atoms with E-state index in [1.807, 2.05) is 48.7 Å². The van der Waals surface area contributed by atoms with Crippen LogP contribution in [0.1, 0.15) is 15.9 Å². The Hall–Kier alpha value is -4.33. The number of aromatic amines is 2. The number of rotatable bonds is 5. The molecule has 31 heavy (non-hydrogen) atoms. The fourth-order valence-corrected chi connectivity index (χ4v) is 3.73. The molecule has 5 aromatic rings. The van der Waals surface area contributed by atoms with Crippen LogP contribution in [-0.2, 0) is 6.54 Å². The number of fused-ring (bicyclic) bond motifs is 2. The Labute approximate surface area is 177 Å². The molecule has 1 amide bonds. The Morgan fingerprint density at radius 3 is 2.97 bits per heavy atom. The molecule has 0 unspecified atom stereocenters. The molecule has 0 spiro atoms. The van der Waals surface area contributed by atoms with Crippen molar-refractivity contribution in [3.63, 3.8) is 0 Å². The van der Waals surface area contributed by atoms with Crippen molar-refractivity contribution >= 4 is 33.5 Å². The van der Waals surface area contributed by atoms with Crippen LogP contribution in [0.2, 0.25) is 0 Å². The van der Waals surface area contributed by atoms with Crippen LogP contribution in [0.25, 0.3) is 32.9 Å². The molecule has 5 rings (SSSR count). The van der Waals surface area contributed by atoms with Crippen LogP contribution in [0.5, 0.6) is 5.75 Å². The van der Waals surface area contributed by atoms with Gasteiger partial charge < -0.3 is 20.8 Å². The number of nitrogens with zero attached hydrogens (tertiary/aromatic N) is 2. The molecular weight excluding hydrogens is 392 g/mol. The number of carbonyl (C=O) groups is 1. The lowest BCUT2D eigenvalue weighted by Crippen LogP contribution is -2.23. The van der Waals surface area contributed by atoms with Crippen molar-refractivity contribution in [2.45, 2.75) is 6.54 Å². The summed E-state index contributed by atoms with van der Waals surface area (Å²) in [4.78, 5) is 20.4. The summed E-state index contributed by atoms with van der Waals surface area (Å²) in [5, 5.41) is 11.8. The fraction of sp³-hybridized carbons (Fsp3) is 0.0870. The molecule has 0 bridgehead atoms. The van der Waals surface area contributed by atoms with Crippen molar-refractivity contribution in [1.29, 1.82) is 0 Å². The van der Waals surface area contributed by atoms with Gasteiger partial charge >= 0.3 is 0 Å². The van der Waals surface area contributed by atoms with Gasteiger partial charge in [0.05, 0.1) is 36.1 Å². The highest BCUT2D eigenvalue weighted by Gasteiger charge is 2.16. The number of hydrogen-bond donors (Lipinski definition) is 4. The van der Waals surface area contributed by atoms with Gasteiger partial charge in [0, 0.05) is 29.1 Å². The number of nitrogens with one attached hydrogen (secondary N) is 3. The maximum atomic E-state index is 13.1. The Morgan fingerprint density at radius 1 is 1.19 bits per heavy atom. The summed E-state index contributed by atoms with van der Waals surface area (Å²) < 4.78 is 5.25. The van der Waals surface area contributed by atoms with E-state index in [9.17, 15) is 4.79 Å². The SMILES string of the molecule is COc1cccc(CNC(=O)c2cc(-c3c[nH]c4cnc(N)cc34)cc3cn[nH]c23)c1. The summed E-state index contributed by atoms with van der Waals surface area (Å²) in [6.07, 6.45) is 5.31. The number of H-pyrrole nitrogens is 2. The second-order valence-corrected chi connectivity index (χ2v) is 7.25. The van der Waals surface area contributed by atoms with Crippen molar-refractivity contribution in [1.82, 2.24) is 25.5 Å². The predicted octanol–water partition coefficient (Wildman–Crippen LogP) is 3.63. The number of carbonyl (C=O) groups excluding carboxylic acids is 1. The van der Waals surface area contributed by atoms with E-state index in [1.165, 1.54) is 0 Å². The lowest BCUT2D eigenvalue weighted by atomic mass is 10.00. The summed E-state index contributed by atoms with van der Waals surface area (Å²) in [5.41, 5.74) is 10.7. The first-order valence-electron chi connectivity index (χ1n) is 9.73. The van der Waals surface area contributed by atoms with Crippen LogP contribution in [0.3, 0.4) is 0 Å². The molecule has 0 aliphatic carbocycles. The standard InChI is InChI=1S/C23H20N6O2/c1-31-16-4-2-3-13(5-16)9-27-23(30)18-7-14(6-15-10-28-29-22(15)18)19-11-25-20-12-26-21(24)8-17(19)20/h2-8,10-12,25H,9H2,1H3,(H2,24,26)(H,27,30)(H,28,29). The van der Waals surface area contributed by atoms with Crippen molar-refractivity contribution in [2.75, 3.05) is 12.8 Å². The van der Waals surface area contributed by atoms with E-state index in [0.29, 0.717) is 23.4 Å². The second-order valence-electron chi connectivity index (χ2n) is 7.25. The third-order valence-corrected chi connectivity index (χ3v) is 5.28. The number of nitrogens with two attached hydrogens (primary N) is 1. The Kier molecular flexibility index (Phi) is 4.51. The normalized spacial score (nSPS) is 11.1. The first kappa shape index (κ1) is 18.7. The van der Waals surface area contributed by atoms with Gasteiger partial charge in [-0.25, -0.2) is 4.98 Å². The van der Waals surface area contributed by atoms with Crippen LogP contribution in [0.4, 0.5) is 5.82 Å². The lowest BCUT2D eigenvalue weighted by molar-refractivity contribution is 0.0952. The molecule has 3 heterocycles. The Bertz CT molecular complexity index is 1420. The highest BCUT2D eigenvalue weighted by atomic mass is 16.5. The monoisotopic (exact) mass is 412 g/mol. The zero-order valence-electron chi connectivity index (χ0n) is 16.8. The van der Waals surface area contributed by atoms with Crippen LogP contribution >= 0.6 is 0 Å². The quantitative estimate of drug-likeness (QED) is 0.351. The predicted molar refractivity (Wildman–Crippen MR) is 120 cm³/mol. The van der Waals surface area contributed by atoms with Crippen molar-refractivity contribution in [2.24, 2.45) is 0 Å². The van der Waals surface area contributed by atoms with Crippen molar-refractivity contribution < 1.29 is 9.53 Å². The van der Waals surface area contributed by atoms with E-state index in [4.69, 9.17) is 10.5 Å². The number of aromatic nitrogens is 4. The number of nitrogen functional groups attached to an aromatic ring is 1. The number of pyridine rings is 1. The van der Waals surface area contributed by atoms with E-state index in [-0.39, 0.29) is 5.91 Å². The average molecular weight is 412 g/mol. The highest BCUT2D eigenvalue weighted by Crippen LogP contribution is 2.32. The van der Waals surface area contributed by atoms with Gasteiger partial charge in [-0.3, -0.25) is 9.89 Å². The molecule has 5 N–H and O–H groups in total. The number of methoxy groups -OCH3 is 1. The smallest absolute Gasteiger partial charge is 0.253 e. The molecule has 0 saturated heterocycles. The summed E-state index contributed by atoms with van der Waals surface area (Å²) >= 11 is 0. The molecule has 8 nitrogen and oxygen atoms in total. The summed E-state index contributed by atoms with van der Waals surface area (Å²) in [6, 6.07) is 13.3. The van der Waals surface area contributed by atoms with E-state index in [2.05, 4.69) is 25.5 Å². The molecular formula is C23H20N6O2. The highest BCUT2D eigenvalue weighted by molar-refractivity contribution is 6.08. The molecule has 0 aliphatic heterocycles. The number of amides is 1. The summed E-state index contributed by atoms with van der Waals surface area (Å²) in [6.45, 7) is 0.380. The van der Waals surface area contributed by atoms with Crippen molar-refractivity contribution in [3.05, 3.63) is 72.2 Å². The van der Waals surface area contributed by atoms with Gasteiger partial charge in [-0.05, 0) is 41.5 Å². The maximum Gasteiger partial charge on any atom is 0.253 e. The van der Waals surface area contributed by atoms with E-state index in [0.717, 1.165) is 38.7 Å². The van der Waals surface area contributed by atoms with Gasteiger partial charge in [-0.2, -0.15) is 5.10 Å². The molecule has 8 heteroatoms. The molecule has 154 valence electrons. The number of benzene rings is 2. The lowest BCUT2D eigenvalue weighted by Gasteiger charge is -2.10. The largest absolute Gasteiger partial charge is 0.497 e. The maximum absolute atomic E-state index is 13.1. The van der Waals surface area contributed by atoms with Gasteiger partial charge in [-0.1, -0.05) is 12.1 Å². The van der Waals surface area contributed by atoms with E-state index in [1.54, 1.807) is 19.5 Å². The Balaban J connectivity index is 1.51. The molecule has 2 aromatic carbocycles. The van der Waals surface area contributed by atoms with Gasteiger partial charge in [0.1, 0.15) is 11.6 Å². The zero-order valence-corrected chi connectivity index (χ0v) is 16.8. The number of anilines is 1. The molecule has 0 fully saturated rings. The van der Waals surface area contributed by atoms with Crippen LogP contribution in [0.15, 0.2) is 61.1 Å². The van der Waals surface area contributed by atoms with Crippen molar-refractivity contribution in [3.8, 4) is 16.9 Å². The summed E-state index contributed by atoms with van der Waals surface area (Å²) in [7, 11) is 1.62. The minimum absolute atomic E-state index is 0.194. The Morgan fingerprint density at radius 2 is 2.10 bits per heavy atom. The first-order valence-corrected chi connectivity index (χ1v) is 9.73. The topological polar surface area (TPSA) is 122 Å². The molecule has 0 atom stereocenters. The number of ether oxygens (including phenoxy) is 1. The van der Waals surface area contributed by atoms with E-state index < -0.39 is 0 Å². The minimum atomic E-state index is -0.194. The van der Waals surface area contributed by atoms with Gasteiger partial charge in [0.15, 0.2) is 0 Å². The van der Waals surface area contributed by atoms with Gasteiger partial charge in [-0.15, -0.1) is 0 Å². The zero-order chi connectivity index (χ0) is 21.4. The number of hydrogen-bond acceptors (Lipinski definition) is 5. The molecule has 0 aliphatic rings. The second kappa shape index (κ2) is 7.49. The van der Waals surface area contributed by atoms with Gasteiger partial charge in [0.25, 0.3) is 5.91 Å². The average Bonchev–Trinajstić information content (AvgIpc) is 3.43. The van der Waals surface area contributed by atoms with E-state index >= 15 is 0 Å². The fourth-order valence-electron chi connectivity index (χ4n) is 3.73. The van der Waals surface area contributed by atoms with Crippen LogP contribution < -0.4 is 15.8 Å². The first-order chi connectivity index (χ1) is 15.1. The molecule has 0 radical (unpaired) electrons. The molecule has 0 saturated carbocycles. The van der Waals surface area contributed by atoms with Crippen LogP contribution in [-0.4, -0.2) is 33.2 Å².